The predicted octanol–water partition coefficient (Wildman–Crippen LogP) is 1.59. The van der Waals surface area contributed by atoms with Gasteiger partial charge in [0.1, 0.15) is 5.69 Å². The molecule has 1 aliphatic heterocycles. The number of nitrogens with zero attached hydrogens (tertiary/aromatic N) is 3. The Kier molecular flexibility index (Phi) is 5.92. The van der Waals surface area contributed by atoms with Gasteiger partial charge in [-0.2, -0.15) is 0 Å². The minimum absolute atomic E-state index is 0.264. The third-order valence-electron chi connectivity index (χ3n) is 4.09. The molecule has 0 spiro atoms. The van der Waals surface area contributed by atoms with Crippen molar-refractivity contribution in [1.82, 2.24) is 9.97 Å². The van der Waals surface area contributed by atoms with Gasteiger partial charge >= 0.3 is 0 Å². The highest BCUT2D eigenvalue weighted by molar-refractivity contribution is 6.03. The quantitative estimate of drug-likeness (QED) is 0.815. The van der Waals surface area contributed by atoms with Crippen LogP contribution in [0.5, 0.6) is 17.2 Å². The molecule has 1 N–H and O–H groups in total. The Morgan fingerprint density at radius 1 is 1.11 bits per heavy atom. The summed E-state index contributed by atoms with van der Waals surface area (Å²) in [6.07, 6.45) is 1.57. The van der Waals surface area contributed by atoms with Crippen LogP contribution in [-0.2, 0) is 4.74 Å². The molecule has 2 aromatic rings. The molecule has 3 rings (SSSR count). The average molecular weight is 374 g/mol. The zero-order valence-electron chi connectivity index (χ0n) is 15.5. The van der Waals surface area contributed by atoms with Crippen molar-refractivity contribution < 1.29 is 23.7 Å². The van der Waals surface area contributed by atoms with Crippen molar-refractivity contribution in [1.29, 1.82) is 0 Å². The highest BCUT2D eigenvalue weighted by Gasteiger charge is 2.18. The van der Waals surface area contributed by atoms with E-state index >= 15 is 0 Å². The Hall–Kier alpha value is -3.07. The number of hydrogen-bond acceptors (Lipinski definition) is 8. The molecule has 144 valence electrons. The summed E-state index contributed by atoms with van der Waals surface area (Å²) < 4.78 is 21.2. The van der Waals surface area contributed by atoms with E-state index in [0.717, 1.165) is 0 Å². The van der Waals surface area contributed by atoms with Crippen LogP contribution in [0.1, 0.15) is 10.5 Å². The van der Waals surface area contributed by atoms with Crippen LogP contribution < -0.4 is 24.4 Å². The lowest BCUT2D eigenvalue weighted by Gasteiger charge is -2.26. The van der Waals surface area contributed by atoms with E-state index in [1.807, 2.05) is 4.90 Å². The van der Waals surface area contributed by atoms with E-state index in [1.165, 1.54) is 21.3 Å². The number of aromatic nitrogens is 2. The maximum absolute atomic E-state index is 12.6. The first-order valence-electron chi connectivity index (χ1n) is 8.43. The zero-order valence-corrected chi connectivity index (χ0v) is 15.5. The van der Waals surface area contributed by atoms with Crippen molar-refractivity contribution in [3.63, 3.8) is 0 Å². The summed E-state index contributed by atoms with van der Waals surface area (Å²) in [6.45, 7) is 2.62. The number of morpholine rings is 1. The first-order valence-corrected chi connectivity index (χ1v) is 8.43. The molecule has 0 atom stereocenters. The van der Waals surface area contributed by atoms with Gasteiger partial charge in [0.25, 0.3) is 5.91 Å². The molecule has 27 heavy (non-hydrogen) atoms. The molecular weight excluding hydrogens is 352 g/mol. The molecule has 0 bridgehead atoms. The van der Waals surface area contributed by atoms with Gasteiger partial charge < -0.3 is 29.2 Å². The molecule has 1 fully saturated rings. The minimum Gasteiger partial charge on any atom is -0.493 e. The molecular formula is C18H22N4O5. The summed E-state index contributed by atoms with van der Waals surface area (Å²) in [4.78, 5) is 23.3. The van der Waals surface area contributed by atoms with Gasteiger partial charge in [-0.3, -0.25) is 4.79 Å². The van der Waals surface area contributed by atoms with Gasteiger partial charge in [-0.1, -0.05) is 0 Å². The molecule has 0 radical (unpaired) electrons. The molecule has 9 nitrogen and oxygen atoms in total. The topological polar surface area (TPSA) is 95.0 Å². The van der Waals surface area contributed by atoms with Crippen molar-refractivity contribution in [2.75, 3.05) is 57.8 Å². The molecule has 1 aliphatic rings. The monoisotopic (exact) mass is 374 g/mol. The minimum atomic E-state index is -0.360. The van der Waals surface area contributed by atoms with Gasteiger partial charge in [-0.25, -0.2) is 9.97 Å². The van der Waals surface area contributed by atoms with Gasteiger partial charge in [-0.15, -0.1) is 0 Å². The maximum atomic E-state index is 12.6. The smallest absolute Gasteiger partial charge is 0.274 e. The van der Waals surface area contributed by atoms with Crippen molar-refractivity contribution in [2.24, 2.45) is 0 Å². The fourth-order valence-electron chi connectivity index (χ4n) is 2.74. The fourth-order valence-corrected chi connectivity index (χ4v) is 2.74. The number of anilines is 2. The Bertz CT molecular complexity index is 783. The Morgan fingerprint density at radius 3 is 2.37 bits per heavy atom. The third kappa shape index (κ3) is 4.20. The van der Waals surface area contributed by atoms with Crippen molar-refractivity contribution in [2.45, 2.75) is 0 Å². The van der Waals surface area contributed by atoms with Crippen LogP contribution in [0.3, 0.4) is 0 Å². The number of amides is 1. The molecule has 9 heteroatoms. The Morgan fingerprint density at radius 2 is 1.78 bits per heavy atom. The Labute approximate surface area is 157 Å². The average Bonchev–Trinajstić information content (AvgIpc) is 2.73. The predicted molar refractivity (Wildman–Crippen MR) is 99.1 cm³/mol. The van der Waals surface area contributed by atoms with E-state index in [1.54, 1.807) is 24.4 Å². The second-order valence-corrected chi connectivity index (χ2v) is 5.71. The third-order valence-corrected chi connectivity index (χ3v) is 4.09. The SMILES string of the molecule is COc1cc(NC(=O)c2ccnc(N3CCOCC3)n2)cc(OC)c1OC. The first-order chi connectivity index (χ1) is 13.2. The second kappa shape index (κ2) is 8.54. The van der Waals surface area contributed by atoms with E-state index in [0.29, 0.717) is 55.2 Å². The van der Waals surface area contributed by atoms with Gasteiger partial charge in [0, 0.05) is 37.1 Å². The number of carbonyl (C=O) groups excluding carboxylic acids is 1. The second-order valence-electron chi connectivity index (χ2n) is 5.71. The van der Waals surface area contributed by atoms with Gasteiger partial charge in [0.15, 0.2) is 11.5 Å². The van der Waals surface area contributed by atoms with E-state index in [-0.39, 0.29) is 11.6 Å². The van der Waals surface area contributed by atoms with Crippen LogP contribution >= 0.6 is 0 Å². The van der Waals surface area contributed by atoms with Gasteiger partial charge in [0.2, 0.25) is 11.7 Å². The molecule has 1 aromatic carbocycles. The molecule has 0 aliphatic carbocycles. The van der Waals surface area contributed by atoms with Crippen LogP contribution in [0.15, 0.2) is 24.4 Å². The van der Waals surface area contributed by atoms with Crippen molar-refractivity contribution in [3.05, 3.63) is 30.1 Å². The molecule has 1 amide bonds. The highest BCUT2D eigenvalue weighted by Crippen LogP contribution is 2.40. The number of benzene rings is 1. The number of nitrogens with one attached hydrogen (secondary N) is 1. The van der Waals surface area contributed by atoms with Gasteiger partial charge in [0.05, 0.1) is 34.5 Å². The molecule has 0 unspecified atom stereocenters. The van der Waals surface area contributed by atoms with Crippen LogP contribution in [0, 0.1) is 0 Å². The lowest BCUT2D eigenvalue weighted by atomic mass is 10.2. The summed E-state index contributed by atoms with van der Waals surface area (Å²) in [5.74, 6) is 1.50. The van der Waals surface area contributed by atoms with E-state index in [2.05, 4.69) is 15.3 Å². The van der Waals surface area contributed by atoms with Crippen LogP contribution in [0.2, 0.25) is 0 Å². The van der Waals surface area contributed by atoms with Gasteiger partial charge in [-0.05, 0) is 6.07 Å². The molecule has 1 aromatic heterocycles. The summed E-state index contributed by atoms with van der Waals surface area (Å²) in [5, 5.41) is 2.80. The van der Waals surface area contributed by atoms with Crippen LogP contribution in [0.4, 0.5) is 11.6 Å². The lowest BCUT2D eigenvalue weighted by Crippen LogP contribution is -2.37. The van der Waals surface area contributed by atoms with Crippen LogP contribution in [-0.4, -0.2) is 63.5 Å². The largest absolute Gasteiger partial charge is 0.493 e. The molecule has 1 saturated heterocycles. The standard InChI is InChI=1S/C18H22N4O5/c1-24-14-10-12(11-15(25-2)16(14)26-3)20-17(23)13-4-5-19-18(21-13)22-6-8-27-9-7-22/h4-5,10-11H,6-9H2,1-3H3,(H,20,23). The van der Waals surface area contributed by atoms with Crippen LogP contribution in [0.25, 0.3) is 0 Å². The normalized spacial score (nSPS) is 13.8. The lowest BCUT2D eigenvalue weighted by molar-refractivity contribution is 0.102. The summed E-state index contributed by atoms with van der Waals surface area (Å²) in [6, 6.07) is 4.88. The van der Waals surface area contributed by atoms with Crippen molar-refractivity contribution in [3.8, 4) is 17.2 Å². The number of hydrogen-bond donors (Lipinski definition) is 1. The molecule has 2 heterocycles. The number of rotatable bonds is 6. The number of ether oxygens (including phenoxy) is 4. The number of methoxy groups -OCH3 is 3. The van der Waals surface area contributed by atoms with E-state index in [9.17, 15) is 4.79 Å². The maximum Gasteiger partial charge on any atom is 0.274 e. The first kappa shape index (κ1) is 18.7. The van der Waals surface area contributed by atoms with E-state index in [4.69, 9.17) is 18.9 Å². The Balaban J connectivity index is 1.81. The fraction of sp³-hybridized carbons (Fsp3) is 0.389. The van der Waals surface area contributed by atoms with E-state index < -0.39 is 0 Å². The number of carbonyl (C=O) groups is 1. The highest BCUT2D eigenvalue weighted by atomic mass is 16.5. The zero-order chi connectivity index (χ0) is 19.2. The summed E-state index contributed by atoms with van der Waals surface area (Å²) in [7, 11) is 4.55. The van der Waals surface area contributed by atoms with Crippen molar-refractivity contribution >= 4 is 17.5 Å². The molecule has 0 saturated carbocycles. The summed E-state index contributed by atoms with van der Waals surface area (Å²) >= 11 is 0. The summed E-state index contributed by atoms with van der Waals surface area (Å²) in [5.41, 5.74) is 0.765.